The Morgan fingerprint density at radius 1 is 1.44 bits per heavy atom. The lowest BCUT2D eigenvalue weighted by Crippen LogP contribution is -2.07. The van der Waals surface area contributed by atoms with E-state index in [9.17, 15) is 4.79 Å². The largest absolute Gasteiger partial charge is 0.496 e. The van der Waals surface area contributed by atoms with Gasteiger partial charge in [0, 0.05) is 0 Å². The van der Waals surface area contributed by atoms with Crippen LogP contribution in [0.4, 0.5) is 0 Å². The Morgan fingerprint density at radius 2 is 2.19 bits per heavy atom. The van der Waals surface area contributed by atoms with Gasteiger partial charge in [-0.05, 0) is 22.1 Å². The molecule has 16 heavy (non-hydrogen) atoms. The summed E-state index contributed by atoms with van der Waals surface area (Å²) in [7, 11) is 2.91. The first-order valence-corrected chi connectivity index (χ1v) is 5.98. The van der Waals surface area contributed by atoms with Crippen LogP contribution in [0.2, 0.25) is 0 Å². The molecule has 0 radical (unpaired) electrons. The van der Waals surface area contributed by atoms with Crippen LogP contribution in [0.1, 0.15) is 15.9 Å². The molecular formula is C12H13IO3. The van der Waals surface area contributed by atoms with Crippen molar-refractivity contribution in [1.29, 1.82) is 0 Å². The van der Waals surface area contributed by atoms with Gasteiger partial charge in [-0.2, -0.15) is 0 Å². The molecule has 0 aromatic heterocycles. The van der Waals surface area contributed by atoms with Crippen molar-refractivity contribution in [1.82, 2.24) is 0 Å². The summed E-state index contributed by atoms with van der Waals surface area (Å²) in [4.78, 5) is 11.6. The molecule has 0 amide bonds. The highest BCUT2D eigenvalue weighted by atomic mass is 127. The molecule has 0 heterocycles. The van der Waals surface area contributed by atoms with E-state index in [2.05, 4.69) is 22.6 Å². The van der Waals surface area contributed by atoms with E-state index in [0.29, 0.717) is 17.7 Å². The van der Waals surface area contributed by atoms with Crippen molar-refractivity contribution in [2.75, 3.05) is 14.2 Å². The third-order valence-electron chi connectivity index (χ3n) is 2.15. The molecule has 0 unspecified atom stereocenters. The number of esters is 1. The van der Waals surface area contributed by atoms with Gasteiger partial charge in [-0.25, -0.2) is 4.79 Å². The lowest BCUT2D eigenvalue weighted by Gasteiger charge is -2.10. The van der Waals surface area contributed by atoms with Crippen molar-refractivity contribution in [3.05, 3.63) is 39.5 Å². The number of methoxy groups -OCH3 is 2. The van der Waals surface area contributed by atoms with Crippen LogP contribution in [-0.4, -0.2) is 20.2 Å². The van der Waals surface area contributed by atoms with Crippen LogP contribution in [0.5, 0.6) is 5.75 Å². The number of hydrogen-bond donors (Lipinski definition) is 0. The van der Waals surface area contributed by atoms with E-state index in [0.717, 1.165) is 5.56 Å². The van der Waals surface area contributed by atoms with E-state index < -0.39 is 0 Å². The molecule has 4 heteroatoms. The molecule has 0 atom stereocenters. The van der Waals surface area contributed by atoms with Crippen LogP contribution < -0.4 is 4.74 Å². The Kier molecular flexibility index (Phi) is 5.31. The molecular weight excluding hydrogens is 319 g/mol. The minimum absolute atomic E-state index is 0.366. The van der Waals surface area contributed by atoms with Crippen molar-refractivity contribution in [2.24, 2.45) is 0 Å². The summed E-state index contributed by atoms with van der Waals surface area (Å²) in [6.07, 6.45) is 2.66. The van der Waals surface area contributed by atoms with E-state index in [1.807, 2.05) is 22.3 Å². The minimum Gasteiger partial charge on any atom is -0.496 e. The molecule has 0 bridgehead atoms. The number of benzene rings is 1. The zero-order chi connectivity index (χ0) is 12.0. The Morgan fingerprint density at radius 3 is 2.75 bits per heavy atom. The first-order valence-electron chi connectivity index (χ1n) is 4.74. The Balaban J connectivity index is 3.19. The van der Waals surface area contributed by atoms with Crippen LogP contribution >= 0.6 is 22.6 Å². The molecule has 1 aromatic rings. The average molecular weight is 332 g/mol. The predicted octanol–water partition coefficient (Wildman–Crippen LogP) is 2.97. The zero-order valence-electron chi connectivity index (χ0n) is 9.20. The summed E-state index contributed by atoms with van der Waals surface area (Å²) in [6, 6.07) is 5.51. The molecule has 1 rings (SSSR count). The molecule has 0 saturated carbocycles. The molecule has 0 N–H and O–H groups in total. The SMILES string of the molecule is COC(=O)c1c(CC=CI)cccc1OC. The lowest BCUT2D eigenvalue weighted by molar-refractivity contribution is 0.0596. The Bertz CT molecular complexity index is 399. The summed E-state index contributed by atoms with van der Waals surface area (Å²) in [5.41, 5.74) is 1.40. The number of hydrogen-bond acceptors (Lipinski definition) is 3. The van der Waals surface area contributed by atoms with Gasteiger partial charge in [0.2, 0.25) is 0 Å². The van der Waals surface area contributed by atoms with E-state index in [4.69, 9.17) is 9.47 Å². The summed E-state index contributed by atoms with van der Waals surface area (Å²) >= 11 is 2.14. The molecule has 3 nitrogen and oxygen atoms in total. The second-order valence-corrected chi connectivity index (χ2v) is 3.77. The number of allylic oxidation sites excluding steroid dienone is 1. The van der Waals surface area contributed by atoms with Crippen molar-refractivity contribution >= 4 is 28.6 Å². The monoisotopic (exact) mass is 332 g/mol. The lowest BCUT2D eigenvalue weighted by atomic mass is 10.0. The minimum atomic E-state index is -0.366. The van der Waals surface area contributed by atoms with Crippen molar-refractivity contribution in [3.63, 3.8) is 0 Å². The highest BCUT2D eigenvalue weighted by molar-refractivity contribution is 14.1. The summed E-state index contributed by atoms with van der Waals surface area (Å²) in [5.74, 6) is 0.181. The van der Waals surface area contributed by atoms with Gasteiger partial charge in [-0.1, -0.05) is 40.8 Å². The van der Waals surface area contributed by atoms with Gasteiger partial charge in [-0.3, -0.25) is 0 Å². The molecule has 1 aromatic carbocycles. The number of rotatable bonds is 4. The van der Waals surface area contributed by atoms with Gasteiger partial charge in [0.1, 0.15) is 11.3 Å². The fourth-order valence-corrected chi connectivity index (χ4v) is 1.68. The van der Waals surface area contributed by atoms with Crippen LogP contribution in [0.15, 0.2) is 28.4 Å². The van der Waals surface area contributed by atoms with E-state index >= 15 is 0 Å². The molecule has 86 valence electrons. The molecule has 0 saturated heterocycles. The van der Waals surface area contributed by atoms with E-state index in [-0.39, 0.29) is 5.97 Å². The topological polar surface area (TPSA) is 35.5 Å². The molecule has 0 fully saturated rings. The Labute approximate surface area is 109 Å². The third-order valence-corrected chi connectivity index (χ3v) is 2.66. The standard InChI is InChI=1S/C12H13IO3/c1-15-10-7-3-5-9(6-4-8-13)11(10)12(14)16-2/h3-5,7-8H,6H2,1-2H3. The van der Waals surface area contributed by atoms with Crippen molar-refractivity contribution in [3.8, 4) is 5.75 Å². The van der Waals surface area contributed by atoms with Crippen LogP contribution in [0.3, 0.4) is 0 Å². The normalized spacial score (nSPS) is 10.4. The van der Waals surface area contributed by atoms with Crippen LogP contribution in [0, 0.1) is 0 Å². The number of halogens is 1. The fourth-order valence-electron chi connectivity index (χ4n) is 1.42. The van der Waals surface area contributed by atoms with Gasteiger partial charge in [-0.15, -0.1) is 0 Å². The van der Waals surface area contributed by atoms with Gasteiger partial charge in [0.25, 0.3) is 0 Å². The Hall–Kier alpha value is -1.04. The van der Waals surface area contributed by atoms with E-state index in [1.165, 1.54) is 7.11 Å². The summed E-state index contributed by atoms with van der Waals surface area (Å²) in [5, 5.41) is 0. The number of carbonyl (C=O) groups is 1. The first kappa shape index (κ1) is 13.0. The predicted molar refractivity (Wildman–Crippen MR) is 71.2 cm³/mol. The first-order chi connectivity index (χ1) is 7.74. The second kappa shape index (κ2) is 6.52. The number of carbonyl (C=O) groups excluding carboxylic acids is 1. The average Bonchev–Trinajstić information content (AvgIpc) is 2.34. The smallest absolute Gasteiger partial charge is 0.341 e. The van der Waals surface area contributed by atoms with Crippen molar-refractivity contribution in [2.45, 2.75) is 6.42 Å². The number of ether oxygens (including phenoxy) is 2. The van der Waals surface area contributed by atoms with Gasteiger partial charge < -0.3 is 9.47 Å². The van der Waals surface area contributed by atoms with Gasteiger partial charge >= 0.3 is 5.97 Å². The van der Waals surface area contributed by atoms with Crippen molar-refractivity contribution < 1.29 is 14.3 Å². The third kappa shape index (κ3) is 2.98. The van der Waals surface area contributed by atoms with Gasteiger partial charge in [0.05, 0.1) is 14.2 Å². The van der Waals surface area contributed by atoms with Crippen LogP contribution in [0.25, 0.3) is 0 Å². The summed E-state index contributed by atoms with van der Waals surface area (Å²) in [6.45, 7) is 0. The quantitative estimate of drug-likeness (QED) is 0.628. The second-order valence-electron chi connectivity index (χ2n) is 3.05. The molecule has 0 aliphatic rings. The molecule has 0 spiro atoms. The highest BCUT2D eigenvalue weighted by Gasteiger charge is 2.16. The van der Waals surface area contributed by atoms with E-state index in [1.54, 1.807) is 13.2 Å². The maximum Gasteiger partial charge on any atom is 0.341 e. The maximum absolute atomic E-state index is 11.6. The van der Waals surface area contributed by atoms with Crippen LogP contribution in [-0.2, 0) is 11.2 Å². The summed E-state index contributed by atoms with van der Waals surface area (Å²) < 4.78 is 11.8. The zero-order valence-corrected chi connectivity index (χ0v) is 11.4. The molecule has 0 aliphatic carbocycles. The van der Waals surface area contributed by atoms with Gasteiger partial charge in [0.15, 0.2) is 0 Å². The molecule has 0 aliphatic heterocycles. The maximum atomic E-state index is 11.6. The fraction of sp³-hybridized carbons (Fsp3) is 0.250. The highest BCUT2D eigenvalue weighted by Crippen LogP contribution is 2.23.